The largest absolute Gasteiger partial charge is 0.383 e. The van der Waals surface area contributed by atoms with Crippen LogP contribution < -0.4 is 15.5 Å². The normalized spacial score (nSPS) is 18.6. The van der Waals surface area contributed by atoms with Gasteiger partial charge in [0.25, 0.3) is 0 Å². The predicted molar refractivity (Wildman–Crippen MR) is 118 cm³/mol. The number of nitrogens with zero attached hydrogens (tertiary/aromatic N) is 3. The van der Waals surface area contributed by atoms with Crippen LogP contribution in [0.4, 0.5) is 5.69 Å². The summed E-state index contributed by atoms with van der Waals surface area (Å²) in [6.45, 7) is 6.07. The van der Waals surface area contributed by atoms with Crippen LogP contribution >= 0.6 is 0 Å². The fourth-order valence-electron chi connectivity index (χ4n) is 4.22. The topological polar surface area (TPSA) is 77.1 Å². The summed E-state index contributed by atoms with van der Waals surface area (Å²) in [5.74, 6) is -1.21. The Kier molecular flexibility index (Phi) is 8.07. The van der Waals surface area contributed by atoms with Crippen LogP contribution in [0.5, 0.6) is 0 Å². The van der Waals surface area contributed by atoms with Gasteiger partial charge in [-0.1, -0.05) is 12.1 Å². The number of carbonyl (C=O) groups excluding carboxylic acids is 2. The molecular weight excluding hydrogens is 382 g/mol. The van der Waals surface area contributed by atoms with Crippen molar-refractivity contribution in [1.29, 1.82) is 0 Å². The minimum Gasteiger partial charge on any atom is -0.383 e. The first kappa shape index (κ1) is 22.5. The lowest BCUT2D eigenvalue weighted by molar-refractivity contribution is -0.139. The van der Waals surface area contributed by atoms with Crippen LogP contribution in [-0.2, 0) is 20.7 Å². The van der Waals surface area contributed by atoms with Crippen LogP contribution in [0.15, 0.2) is 18.2 Å². The lowest BCUT2D eigenvalue weighted by Crippen LogP contribution is -2.50. The van der Waals surface area contributed by atoms with Gasteiger partial charge < -0.3 is 25.2 Å². The number of hydrogen-bond acceptors (Lipinski definition) is 6. The molecule has 1 fully saturated rings. The molecular formula is C22H35N5O3. The van der Waals surface area contributed by atoms with Gasteiger partial charge in [-0.05, 0) is 37.1 Å². The Hall–Kier alpha value is -2.16. The van der Waals surface area contributed by atoms with Gasteiger partial charge in [-0.2, -0.15) is 0 Å². The summed E-state index contributed by atoms with van der Waals surface area (Å²) in [4.78, 5) is 31.3. The summed E-state index contributed by atoms with van der Waals surface area (Å²) in [5.41, 5.74) is 3.86. The summed E-state index contributed by atoms with van der Waals surface area (Å²) in [6, 6.07) is 6.71. The maximum Gasteiger partial charge on any atom is 0.309 e. The number of aryl methyl sites for hydroxylation is 1. The third-order valence-corrected chi connectivity index (χ3v) is 6.07. The first-order chi connectivity index (χ1) is 14.5. The van der Waals surface area contributed by atoms with Crippen molar-refractivity contribution in [1.82, 2.24) is 20.4 Å². The number of benzene rings is 1. The lowest BCUT2D eigenvalue weighted by atomic mass is 9.95. The monoisotopic (exact) mass is 417 g/mol. The van der Waals surface area contributed by atoms with Crippen molar-refractivity contribution < 1.29 is 14.3 Å². The number of hydrogen-bond donors (Lipinski definition) is 2. The Labute approximate surface area is 179 Å². The molecule has 3 rings (SSSR count). The van der Waals surface area contributed by atoms with E-state index in [0.29, 0.717) is 19.7 Å². The third-order valence-electron chi connectivity index (χ3n) is 6.07. The zero-order valence-corrected chi connectivity index (χ0v) is 18.4. The van der Waals surface area contributed by atoms with E-state index >= 15 is 0 Å². The summed E-state index contributed by atoms with van der Waals surface area (Å²) < 4.78 is 4.91. The van der Waals surface area contributed by atoms with Gasteiger partial charge in [-0.3, -0.25) is 14.5 Å². The van der Waals surface area contributed by atoms with E-state index in [1.54, 1.807) is 7.11 Å². The van der Waals surface area contributed by atoms with Gasteiger partial charge in [0.2, 0.25) is 0 Å². The maximum atomic E-state index is 12.3. The molecule has 2 aliphatic rings. The Morgan fingerprint density at radius 3 is 2.53 bits per heavy atom. The second-order valence-corrected chi connectivity index (χ2v) is 8.23. The zero-order valence-electron chi connectivity index (χ0n) is 18.4. The molecule has 0 unspecified atom stereocenters. The van der Waals surface area contributed by atoms with E-state index in [9.17, 15) is 9.59 Å². The first-order valence-electron chi connectivity index (χ1n) is 10.8. The molecule has 0 saturated carbocycles. The Bertz CT molecular complexity index is 733. The van der Waals surface area contributed by atoms with Crippen LogP contribution in [-0.4, -0.2) is 95.2 Å². The number of amides is 2. The van der Waals surface area contributed by atoms with Gasteiger partial charge in [0.05, 0.1) is 12.6 Å². The van der Waals surface area contributed by atoms with Crippen molar-refractivity contribution in [2.75, 3.05) is 78.5 Å². The average Bonchev–Trinajstić information content (AvgIpc) is 2.75. The van der Waals surface area contributed by atoms with Crippen molar-refractivity contribution in [2.45, 2.75) is 18.9 Å². The highest BCUT2D eigenvalue weighted by atomic mass is 16.5. The lowest BCUT2D eigenvalue weighted by Gasteiger charge is -2.39. The van der Waals surface area contributed by atoms with E-state index in [0.717, 1.165) is 45.6 Å². The number of methoxy groups -OCH3 is 1. The van der Waals surface area contributed by atoms with E-state index in [-0.39, 0.29) is 6.04 Å². The van der Waals surface area contributed by atoms with Crippen LogP contribution in [0.1, 0.15) is 23.6 Å². The van der Waals surface area contributed by atoms with Crippen molar-refractivity contribution in [2.24, 2.45) is 0 Å². The van der Waals surface area contributed by atoms with Gasteiger partial charge >= 0.3 is 11.8 Å². The van der Waals surface area contributed by atoms with E-state index in [4.69, 9.17) is 4.74 Å². The fourth-order valence-corrected chi connectivity index (χ4v) is 4.22. The van der Waals surface area contributed by atoms with Crippen LogP contribution in [0.3, 0.4) is 0 Å². The Morgan fingerprint density at radius 1 is 1.07 bits per heavy atom. The minimum absolute atomic E-state index is 0.0481. The number of fused-ring (bicyclic) bond motifs is 1. The summed E-state index contributed by atoms with van der Waals surface area (Å²) in [6.07, 6.45) is 2.24. The summed E-state index contributed by atoms with van der Waals surface area (Å²) >= 11 is 0. The molecule has 8 heteroatoms. The number of carbonyl (C=O) groups is 2. The van der Waals surface area contributed by atoms with E-state index in [1.807, 2.05) is 0 Å². The molecule has 2 N–H and O–H groups in total. The SMILES string of the molecule is COCCNC(=O)C(=O)NC[C@H](c1ccc2c(c1)CCCN2C)N1CCN(C)CC1. The molecule has 2 amide bonds. The van der Waals surface area contributed by atoms with Crippen molar-refractivity contribution in [3.8, 4) is 0 Å². The first-order valence-corrected chi connectivity index (χ1v) is 10.8. The van der Waals surface area contributed by atoms with E-state index in [2.05, 4.69) is 57.6 Å². The molecule has 1 atom stereocenters. The van der Waals surface area contributed by atoms with Crippen LogP contribution in [0.2, 0.25) is 0 Å². The van der Waals surface area contributed by atoms with Crippen molar-refractivity contribution in [3.05, 3.63) is 29.3 Å². The molecule has 1 aromatic carbocycles. The van der Waals surface area contributed by atoms with E-state index < -0.39 is 11.8 Å². The van der Waals surface area contributed by atoms with Crippen LogP contribution in [0, 0.1) is 0 Å². The Balaban J connectivity index is 1.71. The highest BCUT2D eigenvalue weighted by molar-refractivity contribution is 6.35. The smallest absolute Gasteiger partial charge is 0.309 e. The summed E-state index contributed by atoms with van der Waals surface area (Å²) in [5, 5.41) is 5.42. The van der Waals surface area contributed by atoms with Crippen molar-refractivity contribution in [3.63, 3.8) is 0 Å². The van der Waals surface area contributed by atoms with Gasteiger partial charge in [0, 0.05) is 65.7 Å². The molecule has 0 aromatic heterocycles. The van der Waals surface area contributed by atoms with Gasteiger partial charge in [0.1, 0.15) is 0 Å². The molecule has 30 heavy (non-hydrogen) atoms. The second kappa shape index (κ2) is 10.7. The van der Waals surface area contributed by atoms with Crippen molar-refractivity contribution >= 4 is 17.5 Å². The van der Waals surface area contributed by atoms with Gasteiger partial charge in [0.15, 0.2) is 0 Å². The highest BCUT2D eigenvalue weighted by Gasteiger charge is 2.26. The molecule has 8 nitrogen and oxygen atoms in total. The molecule has 0 radical (unpaired) electrons. The second-order valence-electron chi connectivity index (χ2n) is 8.23. The predicted octanol–water partition coefficient (Wildman–Crippen LogP) is 0.236. The Morgan fingerprint density at radius 2 is 1.80 bits per heavy atom. The number of nitrogens with one attached hydrogen (secondary N) is 2. The molecule has 2 heterocycles. The molecule has 0 spiro atoms. The van der Waals surface area contributed by atoms with E-state index in [1.165, 1.54) is 16.8 Å². The molecule has 166 valence electrons. The molecule has 1 saturated heterocycles. The average molecular weight is 418 g/mol. The number of rotatable bonds is 7. The van der Waals surface area contributed by atoms with Gasteiger partial charge in [-0.15, -0.1) is 0 Å². The van der Waals surface area contributed by atoms with Crippen LogP contribution in [0.25, 0.3) is 0 Å². The number of anilines is 1. The molecule has 1 aromatic rings. The fraction of sp³-hybridized carbons (Fsp3) is 0.636. The number of ether oxygens (including phenoxy) is 1. The molecule has 0 bridgehead atoms. The maximum absolute atomic E-state index is 12.3. The number of likely N-dealkylation sites (N-methyl/N-ethyl adjacent to an activating group) is 1. The molecule has 0 aliphatic carbocycles. The van der Waals surface area contributed by atoms with Gasteiger partial charge in [-0.25, -0.2) is 0 Å². The zero-order chi connectivity index (χ0) is 21.5. The summed E-state index contributed by atoms with van der Waals surface area (Å²) in [7, 11) is 5.83. The number of piperazine rings is 1. The highest BCUT2D eigenvalue weighted by Crippen LogP contribution is 2.31. The standard InChI is InChI=1S/C22H35N5O3/c1-25-10-12-27(13-11-25)20(16-24-22(29)21(28)23-8-14-30-3)18-6-7-19-17(15-18)5-4-9-26(19)2/h6-7,15,20H,4-5,8-14,16H2,1-3H3,(H,23,28)(H,24,29)/t20-/m1/s1. The quantitative estimate of drug-likeness (QED) is 0.489. The molecule has 2 aliphatic heterocycles. The minimum atomic E-state index is -0.615. The third kappa shape index (κ3) is 5.71.